The maximum atomic E-state index is 12.2. The molecule has 0 unspecified atom stereocenters. The molecule has 0 heterocycles. The molecule has 1 amide bonds. The number of benzene rings is 1. The second kappa shape index (κ2) is 6.46. The van der Waals surface area contributed by atoms with Gasteiger partial charge in [0.15, 0.2) is 0 Å². The summed E-state index contributed by atoms with van der Waals surface area (Å²) in [6.07, 6.45) is 2.79. The normalized spacial score (nSPS) is 15.8. The monoisotopic (exact) mass is 297 g/mol. The summed E-state index contributed by atoms with van der Waals surface area (Å²) in [7, 11) is 0. The van der Waals surface area contributed by atoms with E-state index in [2.05, 4.69) is 5.32 Å². The molecule has 0 spiro atoms. The lowest BCUT2D eigenvalue weighted by atomic mass is 10.1. The standard InChI is InChI=1S/C15H20ClNO3/c1-2-7-20-13-4-3-11(16)8-12(13)14(19)17-9-15(10-18)5-6-15/h3-4,8,18H,2,5-7,9-10H2,1H3,(H,17,19). The van der Waals surface area contributed by atoms with Gasteiger partial charge < -0.3 is 15.2 Å². The number of rotatable bonds is 7. The Kier molecular flexibility index (Phi) is 4.89. The first-order chi connectivity index (χ1) is 9.60. The summed E-state index contributed by atoms with van der Waals surface area (Å²) in [5.41, 5.74) is 0.332. The first kappa shape index (κ1) is 15.1. The molecule has 0 aliphatic heterocycles. The van der Waals surface area contributed by atoms with Gasteiger partial charge in [-0.25, -0.2) is 0 Å². The van der Waals surface area contributed by atoms with Crippen LogP contribution in [-0.2, 0) is 0 Å². The molecule has 1 aromatic carbocycles. The van der Waals surface area contributed by atoms with E-state index >= 15 is 0 Å². The second-order valence-corrected chi connectivity index (χ2v) is 5.77. The number of hydrogen-bond donors (Lipinski definition) is 2. The van der Waals surface area contributed by atoms with Gasteiger partial charge in [-0.15, -0.1) is 0 Å². The van der Waals surface area contributed by atoms with Crippen LogP contribution in [0.5, 0.6) is 5.75 Å². The highest BCUT2D eigenvalue weighted by Crippen LogP contribution is 2.44. The zero-order valence-corrected chi connectivity index (χ0v) is 12.4. The molecule has 2 rings (SSSR count). The van der Waals surface area contributed by atoms with Crippen molar-refractivity contribution in [3.05, 3.63) is 28.8 Å². The fourth-order valence-electron chi connectivity index (χ4n) is 1.95. The van der Waals surface area contributed by atoms with Crippen LogP contribution < -0.4 is 10.1 Å². The van der Waals surface area contributed by atoms with Crippen LogP contribution in [0, 0.1) is 5.41 Å². The molecule has 110 valence electrons. The fourth-order valence-corrected chi connectivity index (χ4v) is 2.12. The highest BCUT2D eigenvalue weighted by Gasteiger charge is 2.42. The summed E-state index contributed by atoms with van der Waals surface area (Å²) >= 11 is 5.95. The smallest absolute Gasteiger partial charge is 0.255 e. The number of aliphatic hydroxyl groups is 1. The number of amides is 1. The van der Waals surface area contributed by atoms with Gasteiger partial charge in [-0.05, 0) is 37.5 Å². The number of carbonyl (C=O) groups excluding carboxylic acids is 1. The molecule has 1 fully saturated rings. The molecule has 0 radical (unpaired) electrons. The molecular weight excluding hydrogens is 278 g/mol. The molecular formula is C15H20ClNO3. The van der Waals surface area contributed by atoms with E-state index in [1.807, 2.05) is 6.92 Å². The Morgan fingerprint density at radius 1 is 1.50 bits per heavy atom. The third-order valence-corrected chi connectivity index (χ3v) is 3.80. The lowest BCUT2D eigenvalue weighted by molar-refractivity contribution is 0.0931. The van der Waals surface area contributed by atoms with E-state index < -0.39 is 0 Å². The number of aliphatic hydroxyl groups excluding tert-OH is 1. The minimum Gasteiger partial charge on any atom is -0.493 e. The molecule has 20 heavy (non-hydrogen) atoms. The van der Waals surface area contributed by atoms with Gasteiger partial charge >= 0.3 is 0 Å². The topological polar surface area (TPSA) is 58.6 Å². The van der Waals surface area contributed by atoms with E-state index in [9.17, 15) is 9.90 Å². The zero-order chi connectivity index (χ0) is 14.6. The van der Waals surface area contributed by atoms with Crippen molar-refractivity contribution in [3.63, 3.8) is 0 Å². The van der Waals surface area contributed by atoms with Crippen LogP contribution in [0.4, 0.5) is 0 Å². The quantitative estimate of drug-likeness (QED) is 0.813. The van der Waals surface area contributed by atoms with Gasteiger partial charge in [0.1, 0.15) is 5.75 Å². The minimum atomic E-state index is -0.210. The molecule has 0 saturated heterocycles. The van der Waals surface area contributed by atoms with Gasteiger partial charge in [0.05, 0.1) is 18.8 Å². The second-order valence-electron chi connectivity index (χ2n) is 5.33. The van der Waals surface area contributed by atoms with Gasteiger partial charge in [-0.1, -0.05) is 18.5 Å². The molecule has 0 atom stereocenters. The molecule has 1 aliphatic carbocycles. The van der Waals surface area contributed by atoms with Crippen LogP contribution in [0.2, 0.25) is 5.02 Å². The Morgan fingerprint density at radius 3 is 2.85 bits per heavy atom. The Morgan fingerprint density at radius 2 is 2.25 bits per heavy atom. The highest BCUT2D eigenvalue weighted by atomic mass is 35.5. The minimum absolute atomic E-state index is 0.112. The average molecular weight is 298 g/mol. The largest absolute Gasteiger partial charge is 0.493 e. The fraction of sp³-hybridized carbons (Fsp3) is 0.533. The van der Waals surface area contributed by atoms with Crippen molar-refractivity contribution in [1.82, 2.24) is 5.32 Å². The first-order valence-corrected chi connectivity index (χ1v) is 7.29. The van der Waals surface area contributed by atoms with Crippen LogP contribution in [0.25, 0.3) is 0 Å². The Bertz CT molecular complexity index is 486. The summed E-state index contributed by atoms with van der Waals surface area (Å²) in [6.45, 7) is 3.17. The maximum Gasteiger partial charge on any atom is 0.255 e. The molecule has 5 heteroatoms. The van der Waals surface area contributed by atoms with E-state index in [0.29, 0.717) is 29.5 Å². The number of nitrogens with one attached hydrogen (secondary N) is 1. The Labute approximate surface area is 124 Å². The maximum absolute atomic E-state index is 12.2. The SMILES string of the molecule is CCCOc1ccc(Cl)cc1C(=O)NCC1(CO)CC1. The van der Waals surface area contributed by atoms with Crippen LogP contribution in [0.1, 0.15) is 36.5 Å². The molecule has 1 saturated carbocycles. The van der Waals surface area contributed by atoms with E-state index in [0.717, 1.165) is 19.3 Å². The molecule has 2 N–H and O–H groups in total. The third-order valence-electron chi connectivity index (χ3n) is 3.56. The highest BCUT2D eigenvalue weighted by molar-refractivity contribution is 6.31. The van der Waals surface area contributed by atoms with Crippen molar-refractivity contribution in [2.24, 2.45) is 5.41 Å². The van der Waals surface area contributed by atoms with Gasteiger partial charge in [0.2, 0.25) is 0 Å². The van der Waals surface area contributed by atoms with Crippen LogP contribution >= 0.6 is 11.6 Å². The lowest BCUT2D eigenvalue weighted by Crippen LogP contribution is -2.32. The summed E-state index contributed by atoms with van der Waals surface area (Å²) in [5, 5.41) is 12.6. The number of hydrogen-bond acceptors (Lipinski definition) is 3. The van der Waals surface area contributed by atoms with Gasteiger partial charge in [-0.3, -0.25) is 4.79 Å². The number of halogens is 1. The number of carbonyl (C=O) groups is 1. The van der Waals surface area contributed by atoms with Crippen molar-refractivity contribution in [2.75, 3.05) is 19.8 Å². The number of ether oxygens (including phenoxy) is 1. The van der Waals surface area contributed by atoms with Gasteiger partial charge in [-0.2, -0.15) is 0 Å². The van der Waals surface area contributed by atoms with Crippen molar-refractivity contribution in [1.29, 1.82) is 0 Å². The summed E-state index contributed by atoms with van der Waals surface area (Å²) < 4.78 is 5.57. The lowest BCUT2D eigenvalue weighted by Gasteiger charge is -2.15. The summed E-state index contributed by atoms with van der Waals surface area (Å²) in [4.78, 5) is 12.2. The molecule has 1 aliphatic rings. The van der Waals surface area contributed by atoms with Crippen molar-refractivity contribution >= 4 is 17.5 Å². The summed E-state index contributed by atoms with van der Waals surface area (Å²) in [6, 6.07) is 5.03. The van der Waals surface area contributed by atoms with Gasteiger partial charge in [0, 0.05) is 17.0 Å². The van der Waals surface area contributed by atoms with E-state index in [1.165, 1.54) is 0 Å². The van der Waals surface area contributed by atoms with E-state index in [4.69, 9.17) is 16.3 Å². The molecule has 0 bridgehead atoms. The Balaban J connectivity index is 2.05. The first-order valence-electron chi connectivity index (χ1n) is 6.92. The van der Waals surface area contributed by atoms with E-state index in [1.54, 1.807) is 18.2 Å². The Hall–Kier alpha value is -1.26. The van der Waals surface area contributed by atoms with Crippen LogP contribution in [-0.4, -0.2) is 30.8 Å². The van der Waals surface area contributed by atoms with Crippen LogP contribution in [0.3, 0.4) is 0 Å². The van der Waals surface area contributed by atoms with Crippen molar-refractivity contribution in [3.8, 4) is 5.75 Å². The third kappa shape index (κ3) is 3.64. The van der Waals surface area contributed by atoms with Crippen molar-refractivity contribution in [2.45, 2.75) is 26.2 Å². The van der Waals surface area contributed by atoms with Crippen LogP contribution in [0.15, 0.2) is 18.2 Å². The van der Waals surface area contributed by atoms with Gasteiger partial charge in [0.25, 0.3) is 5.91 Å². The predicted molar refractivity (Wildman–Crippen MR) is 78.3 cm³/mol. The van der Waals surface area contributed by atoms with Crippen molar-refractivity contribution < 1.29 is 14.6 Å². The predicted octanol–water partition coefficient (Wildman–Crippen LogP) is 2.63. The zero-order valence-electron chi connectivity index (χ0n) is 11.6. The van der Waals surface area contributed by atoms with E-state index in [-0.39, 0.29) is 17.9 Å². The molecule has 0 aromatic heterocycles. The summed E-state index contributed by atoms with van der Waals surface area (Å²) in [5.74, 6) is 0.334. The average Bonchev–Trinajstić information content (AvgIpc) is 3.24. The molecule has 4 nitrogen and oxygen atoms in total. The molecule has 1 aromatic rings.